The lowest BCUT2D eigenvalue weighted by Crippen LogP contribution is -2.26. The summed E-state index contributed by atoms with van der Waals surface area (Å²) in [5.41, 5.74) is 0.0303. The minimum absolute atomic E-state index is 0.123. The van der Waals surface area contributed by atoms with Crippen LogP contribution in [0.2, 0.25) is 0 Å². The van der Waals surface area contributed by atoms with E-state index in [1.54, 1.807) is 0 Å². The van der Waals surface area contributed by atoms with Crippen molar-refractivity contribution in [2.45, 2.75) is 32.2 Å². The van der Waals surface area contributed by atoms with Gasteiger partial charge in [0.05, 0.1) is 10.4 Å². The van der Waals surface area contributed by atoms with Gasteiger partial charge in [-0.05, 0) is 12.5 Å². The van der Waals surface area contributed by atoms with Gasteiger partial charge in [0.25, 0.3) is 5.69 Å². The molecule has 0 fully saturated rings. The van der Waals surface area contributed by atoms with Crippen molar-refractivity contribution in [1.29, 1.82) is 0 Å². The molecule has 0 saturated carbocycles. The molecule has 0 saturated heterocycles. The molecule has 1 unspecified atom stereocenters. The second-order valence-electron chi connectivity index (χ2n) is 4.64. The molecule has 8 heteroatoms. The molecule has 21 heavy (non-hydrogen) atoms. The molecule has 2 rings (SSSR count). The minimum Gasteiger partial charge on any atom is -0.480 e. The Morgan fingerprint density at radius 1 is 1.52 bits per heavy atom. The number of rotatable bonds is 6. The van der Waals surface area contributed by atoms with E-state index >= 15 is 0 Å². The van der Waals surface area contributed by atoms with E-state index in [2.05, 4.69) is 0 Å². The fourth-order valence-electron chi connectivity index (χ4n) is 2.19. The smallest absolute Gasteiger partial charge is 0.420 e. The molecular weight excluding hydrogens is 280 g/mol. The molecule has 8 nitrogen and oxygen atoms in total. The number of carbonyl (C=O) groups is 1. The van der Waals surface area contributed by atoms with Gasteiger partial charge in [-0.2, -0.15) is 0 Å². The van der Waals surface area contributed by atoms with Gasteiger partial charge >= 0.3 is 11.7 Å². The molecule has 0 aliphatic rings. The molecule has 0 radical (unpaired) electrons. The summed E-state index contributed by atoms with van der Waals surface area (Å²) in [5.74, 6) is -1.99. The fraction of sp³-hybridized carbons (Fsp3) is 0.385. The molecule has 1 N–H and O–H groups in total. The average molecular weight is 294 g/mol. The van der Waals surface area contributed by atoms with Gasteiger partial charge < -0.3 is 9.52 Å². The van der Waals surface area contributed by atoms with Gasteiger partial charge in [0.2, 0.25) is 0 Å². The summed E-state index contributed by atoms with van der Waals surface area (Å²) >= 11 is 0. The van der Waals surface area contributed by atoms with Crippen molar-refractivity contribution in [3.63, 3.8) is 0 Å². The number of nitro benzene ring substituents is 1. The second kappa shape index (κ2) is 5.78. The number of carboxylic acids is 1. The number of non-ortho nitro benzene ring substituents is 1. The molecule has 0 aliphatic carbocycles. The highest BCUT2D eigenvalue weighted by Crippen LogP contribution is 2.24. The molecule has 1 atom stereocenters. The van der Waals surface area contributed by atoms with Crippen LogP contribution in [0.15, 0.2) is 27.4 Å². The Kier molecular flexibility index (Phi) is 4.06. The van der Waals surface area contributed by atoms with E-state index in [0.29, 0.717) is 6.42 Å². The summed E-state index contributed by atoms with van der Waals surface area (Å²) in [4.78, 5) is 33.5. The maximum atomic E-state index is 11.9. The Morgan fingerprint density at radius 2 is 2.24 bits per heavy atom. The van der Waals surface area contributed by atoms with Crippen LogP contribution < -0.4 is 5.76 Å². The third-order valence-electron chi connectivity index (χ3n) is 3.23. The summed E-state index contributed by atoms with van der Waals surface area (Å²) < 4.78 is 5.94. The maximum Gasteiger partial charge on any atom is 0.420 e. The van der Waals surface area contributed by atoms with Crippen molar-refractivity contribution in [2.24, 2.45) is 0 Å². The normalized spacial score (nSPS) is 12.4. The molecule has 0 amide bonds. The summed E-state index contributed by atoms with van der Waals surface area (Å²) in [6.45, 7) is 1.90. The Labute approximate surface area is 118 Å². The van der Waals surface area contributed by atoms with Crippen LogP contribution in [0.25, 0.3) is 11.1 Å². The van der Waals surface area contributed by atoms with Gasteiger partial charge in [0.15, 0.2) is 5.58 Å². The number of nitro groups is 1. The van der Waals surface area contributed by atoms with Gasteiger partial charge in [-0.1, -0.05) is 19.8 Å². The van der Waals surface area contributed by atoms with Crippen LogP contribution in [0, 0.1) is 10.1 Å². The van der Waals surface area contributed by atoms with E-state index in [-0.39, 0.29) is 23.2 Å². The van der Waals surface area contributed by atoms with Crippen molar-refractivity contribution >= 4 is 22.8 Å². The summed E-state index contributed by atoms with van der Waals surface area (Å²) in [6, 6.07) is 2.56. The van der Waals surface area contributed by atoms with Gasteiger partial charge in [-0.25, -0.2) is 9.59 Å². The maximum absolute atomic E-state index is 11.9. The van der Waals surface area contributed by atoms with Crippen LogP contribution in [0.4, 0.5) is 5.69 Å². The van der Waals surface area contributed by atoms with Gasteiger partial charge in [-0.3, -0.25) is 14.7 Å². The van der Waals surface area contributed by atoms with Crippen LogP contribution >= 0.6 is 0 Å². The zero-order valence-electron chi connectivity index (χ0n) is 11.3. The molecule has 1 aromatic carbocycles. The van der Waals surface area contributed by atoms with Gasteiger partial charge in [0, 0.05) is 12.1 Å². The number of fused-ring (bicyclic) bond motifs is 1. The first-order chi connectivity index (χ1) is 9.95. The lowest BCUT2D eigenvalue weighted by molar-refractivity contribution is -0.384. The fourth-order valence-corrected chi connectivity index (χ4v) is 2.19. The van der Waals surface area contributed by atoms with E-state index in [1.165, 1.54) is 12.1 Å². The Bertz CT molecular complexity index is 745. The number of oxazole rings is 1. The quantitative estimate of drug-likeness (QED) is 0.645. The van der Waals surface area contributed by atoms with E-state index in [4.69, 9.17) is 4.42 Å². The van der Waals surface area contributed by atoms with Crippen LogP contribution in [-0.4, -0.2) is 20.6 Å². The highest BCUT2D eigenvalue weighted by atomic mass is 16.6. The molecule has 0 spiro atoms. The number of hydrogen-bond donors (Lipinski definition) is 1. The van der Waals surface area contributed by atoms with Gasteiger partial charge in [0.1, 0.15) is 6.04 Å². The minimum atomic E-state index is -1.17. The van der Waals surface area contributed by atoms with Crippen LogP contribution in [0.1, 0.15) is 32.2 Å². The molecule has 0 aliphatic heterocycles. The van der Waals surface area contributed by atoms with Crippen molar-refractivity contribution in [1.82, 2.24) is 4.57 Å². The van der Waals surface area contributed by atoms with Gasteiger partial charge in [-0.15, -0.1) is 0 Å². The number of nitrogens with zero attached hydrogens (tertiary/aromatic N) is 2. The molecular formula is C13H14N2O6. The lowest BCUT2D eigenvalue weighted by atomic mass is 10.1. The number of aliphatic carboxylic acids is 1. The highest BCUT2D eigenvalue weighted by molar-refractivity contribution is 5.80. The zero-order chi connectivity index (χ0) is 15.6. The van der Waals surface area contributed by atoms with Crippen molar-refractivity contribution in [2.75, 3.05) is 0 Å². The number of hydrogen-bond acceptors (Lipinski definition) is 5. The third kappa shape index (κ3) is 2.78. The summed E-state index contributed by atoms with van der Waals surface area (Å²) in [5, 5.41) is 20.1. The Hall–Kier alpha value is -2.64. The number of unbranched alkanes of at least 4 members (excludes halogenated alkanes) is 1. The molecule has 0 bridgehead atoms. The predicted octanol–water partition coefficient (Wildman–Crippen LogP) is 2.32. The predicted molar refractivity (Wildman–Crippen MR) is 73.3 cm³/mol. The molecule has 1 heterocycles. The monoisotopic (exact) mass is 294 g/mol. The Balaban J connectivity index is 2.62. The molecule has 1 aromatic heterocycles. The third-order valence-corrected chi connectivity index (χ3v) is 3.23. The molecule has 112 valence electrons. The van der Waals surface area contributed by atoms with E-state index < -0.39 is 22.7 Å². The average Bonchev–Trinajstić information content (AvgIpc) is 2.74. The van der Waals surface area contributed by atoms with E-state index in [0.717, 1.165) is 17.1 Å². The lowest BCUT2D eigenvalue weighted by Gasteiger charge is -2.12. The highest BCUT2D eigenvalue weighted by Gasteiger charge is 2.25. The summed E-state index contributed by atoms with van der Waals surface area (Å²) in [7, 11) is 0. The number of benzene rings is 1. The van der Waals surface area contributed by atoms with Crippen molar-refractivity contribution in [3.05, 3.63) is 38.9 Å². The van der Waals surface area contributed by atoms with E-state index in [9.17, 15) is 24.8 Å². The zero-order valence-corrected chi connectivity index (χ0v) is 11.3. The second-order valence-corrected chi connectivity index (χ2v) is 4.64. The largest absolute Gasteiger partial charge is 0.480 e. The SMILES string of the molecule is CCCCC(C(=O)O)n1c(=O)oc2ccc([N+](=O)[O-])cc21. The Morgan fingerprint density at radius 3 is 2.81 bits per heavy atom. The molecule has 2 aromatic rings. The van der Waals surface area contributed by atoms with Crippen molar-refractivity contribution < 1.29 is 19.2 Å². The first-order valence-corrected chi connectivity index (χ1v) is 6.48. The number of carboxylic acid groups (broad SMARTS) is 1. The first-order valence-electron chi connectivity index (χ1n) is 6.48. The summed E-state index contributed by atoms with van der Waals surface area (Å²) in [6.07, 6.45) is 1.64. The van der Waals surface area contributed by atoms with Crippen LogP contribution in [0.5, 0.6) is 0 Å². The first kappa shape index (κ1) is 14.8. The van der Waals surface area contributed by atoms with Crippen LogP contribution in [-0.2, 0) is 4.79 Å². The number of aromatic nitrogens is 1. The van der Waals surface area contributed by atoms with E-state index in [1.807, 2.05) is 6.92 Å². The van der Waals surface area contributed by atoms with Crippen molar-refractivity contribution in [3.8, 4) is 0 Å². The van der Waals surface area contributed by atoms with Crippen LogP contribution in [0.3, 0.4) is 0 Å². The topological polar surface area (TPSA) is 116 Å². The standard InChI is InChI=1S/C13H14N2O6/c1-2-3-4-9(12(16)17)14-10-7-8(15(19)20)5-6-11(10)21-13(14)18/h5-7,9H,2-4H2,1H3,(H,16,17).